The van der Waals surface area contributed by atoms with Crippen molar-refractivity contribution in [3.63, 3.8) is 0 Å². The highest BCUT2D eigenvalue weighted by molar-refractivity contribution is 7.47. The first-order valence-corrected chi connectivity index (χ1v) is 26.0. The zero-order chi connectivity index (χ0) is 43.2. The monoisotopic (exact) mass is 854 g/mol. The quantitative estimate of drug-likeness (QED) is 0.0265. The van der Waals surface area contributed by atoms with Crippen LogP contribution in [0.5, 0.6) is 0 Å². The van der Waals surface area contributed by atoms with E-state index in [0.717, 1.165) is 51.4 Å². The molecule has 0 aliphatic carbocycles. The average molecular weight is 854 g/mol. The van der Waals surface area contributed by atoms with E-state index in [-0.39, 0.29) is 38.6 Å². The van der Waals surface area contributed by atoms with E-state index in [0.29, 0.717) is 6.42 Å². The Morgan fingerprint density at radius 3 is 1.34 bits per heavy atom. The maximum atomic E-state index is 12.6. The first-order valence-electron chi connectivity index (χ1n) is 24.5. The summed E-state index contributed by atoms with van der Waals surface area (Å²) in [5.74, 6) is -0.864. The molecule has 0 amide bonds. The predicted molar refractivity (Wildman–Crippen MR) is 247 cm³/mol. The molecule has 0 aromatic heterocycles. The summed E-state index contributed by atoms with van der Waals surface area (Å²) < 4.78 is 32.8. The standard InChI is InChI=1S/C49H92NO8P/c1-3-5-7-9-11-13-15-17-19-20-21-22-23-24-25-26-28-29-31-33-35-37-39-41-48(51)55-45-47(46-57-59(53,54)56-44-43-50)58-49(52)42-40-38-36-34-32-30-27-18-16-14-12-10-8-6-4-2/h12,14,18,27,32,34,47H,3-11,13,15-17,19-26,28-31,33,35-46,50H2,1-2H3,(H,53,54)/b14-12+,27-18+,34-32+/t47-/m0/s1. The molecule has 0 saturated carbocycles. The molecule has 0 aromatic rings. The van der Waals surface area contributed by atoms with Gasteiger partial charge in [0.05, 0.1) is 13.2 Å². The molecule has 10 heteroatoms. The Labute approximate surface area is 363 Å². The van der Waals surface area contributed by atoms with Gasteiger partial charge in [-0.05, 0) is 51.4 Å². The van der Waals surface area contributed by atoms with Crippen molar-refractivity contribution in [2.45, 2.75) is 238 Å². The number of phosphoric acid groups is 1. The second-order valence-electron chi connectivity index (χ2n) is 16.3. The lowest BCUT2D eigenvalue weighted by molar-refractivity contribution is -0.161. The number of unbranched alkanes of at least 4 members (excludes halogenated alkanes) is 27. The Morgan fingerprint density at radius 2 is 0.881 bits per heavy atom. The van der Waals surface area contributed by atoms with Gasteiger partial charge in [0, 0.05) is 19.4 Å². The summed E-state index contributed by atoms with van der Waals surface area (Å²) in [5, 5.41) is 0. The van der Waals surface area contributed by atoms with Gasteiger partial charge in [0.2, 0.25) is 0 Å². The number of hydrogen-bond donors (Lipinski definition) is 2. The number of carbonyl (C=O) groups excluding carboxylic acids is 2. The highest BCUT2D eigenvalue weighted by atomic mass is 31.2. The van der Waals surface area contributed by atoms with Crippen molar-refractivity contribution in [1.29, 1.82) is 0 Å². The van der Waals surface area contributed by atoms with Gasteiger partial charge in [0.25, 0.3) is 0 Å². The van der Waals surface area contributed by atoms with Crippen LogP contribution in [0.4, 0.5) is 0 Å². The minimum atomic E-state index is -4.39. The highest BCUT2D eigenvalue weighted by Crippen LogP contribution is 2.43. The predicted octanol–water partition coefficient (Wildman–Crippen LogP) is 14.5. The van der Waals surface area contributed by atoms with Crippen molar-refractivity contribution in [1.82, 2.24) is 0 Å². The number of nitrogens with two attached hydrogens (primary N) is 1. The maximum absolute atomic E-state index is 12.6. The Bertz CT molecular complexity index is 1060. The van der Waals surface area contributed by atoms with E-state index in [1.807, 2.05) is 0 Å². The Balaban J connectivity index is 4.04. The topological polar surface area (TPSA) is 134 Å². The summed E-state index contributed by atoms with van der Waals surface area (Å²) >= 11 is 0. The molecule has 0 radical (unpaired) electrons. The van der Waals surface area contributed by atoms with Crippen molar-refractivity contribution < 1.29 is 37.6 Å². The van der Waals surface area contributed by atoms with Crippen LogP contribution in [-0.2, 0) is 32.7 Å². The largest absolute Gasteiger partial charge is 0.472 e. The van der Waals surface area contributed by atoms with Crippen LogP contribution in [0, 0.1) is 0 Å². The van der Waals surface area contributed by atoms with E-state index in [4.69, 9.17) is 24.3 Å². The second-order valence-corrected chi connectivity index (χ2v) is 17.8. The van der Waals surface area contributed by atoms with E-state index in [1.165, 1.54) is 148 Å². The number of esters is 2. The molecular weight excluding hydrogens is 762 g/mol. The molecule has 0 saturated heterocycles. The molecular formula is C49H92NO8P. The normalized spacial score (nSPS) is 13.5. The van der Waals surface area contributed by atoms with Crippen LogP contribution in [-0.4, -0.2) is 49.3 Å². The lowest BCUT2D eigenvalue weighted by atomic mass is 10.0. The molecule has 0 spiro atoms. The molecule has 0 fully saturated rings. The van der Waals surface area contributed by atoms with Gasteiger partial charge >= 0.3 is 19.8 Å². The number of rotatable bonds is 46. The molecule has 59 heavy (non-hydrogen) atoms. The summed E-state index contributed by atoms with van der Waals surface area (Å²) in [6.07, 6.45) is 51.9. The van der Waals surface area contributed by atoms with Crippen LogP contribution in [0.25, 0.3) is 0 Å². The fourth-order valence-corrected chi connectivity index (χ4v) is 7.64. The van der Waals surface area contributed by atoms with E-state index < -0.39 is 26.5 Å². The molecule has 0 aromatic carbocycles. The maximum Gasteiger partial charge on any atom is 0.472 e. The second kappa shape index (κ2) is 45.7. The van der Waals surface area contributed by atoms with Crippen molar-refractivity contribution in [2.75, 3.05) is 26.4 Å². The zero-order valence-corrected chi connectivity index (χ0v) is 39.1. The number of hydrogen-bond acceptors (Lipinski definition) is 8. The van der Waals surface area contributed by atoms with E-state index >= 15 is 0 Å². The van der Waals surface area contributed by atoms with Crippen LogP contribution < -0.4 is 5.73 Å². The fraction of sp³-hybridized carbons (Fsp3) is 0.837. The number of phosphoric ester groups is 1. The molecule has 3 N–H and O–H groups in total. The van der Waals surface area contributed by atoms with Gasteiger partial charge in [-0.1, -0.05) is 204 Å². The molecule has 346 valence electrons. The molecule has 1 unspecified atom stereocenters. The smallest absolute Gasteiger partial charge is 0.462 e. The first kappa shape index (κ1) is 57.2. The Kier molecular flexibility index (Phi) is 44.4. The van der Waals surface area contributed by atoms with Crippen molar-refractivity contribution in [2.24, 2.45) is 5.73 Å². The van der Waals surface area contributed by atoms with Gasteiger partial charge in [0.15, 0.2) is 6.10 Å². The highest BCUT2D eigenvalue weighted by Gasteiger charge is 2.26. The first-order chi connectivity index (χ1) is 28.8. The van der Waals surface area contributed by atoms with Gasteiger partial charge in [0.1, 0.15) is 6.61 Å². The lowest BCUT2D eigenvalue weighted by Crippen LogP contribution is -2.29. The average Bonchev–Trinajstić information content (AvgIpc) is 3.22. The van der Waals surface area contributed by atoms with Crippen molar-refractivity contribution in [3.8, 4) is 0 Å². The summed E-state index contributed by atoms with van der Waals surface area (Å²) in [6, 6.07) is 0. The zero-order valence-electron chi connectivity index (χ0n) is 38.2. The van der Waals surface area contributed by atoms with Gasteiger partial charge < -0.3 is 20.1 Å². The van der Waals surface area contributed by atoms with Gasteiger partial charge in [-0.3, -0.25) is 18.6 Å². The molecule has 0 rings (SSSR count). The van der Waals surface area contributed by atoms with Gasteiger partial charge in [-0.25, -0.2) is 4.57 Å². The van der Waals surface area contributed by atoms with Gasteiger partial charge in [-0.15, -0.1) is 0 Å². The molecule has 9 nitrogen and oxygen atoms in total. The molecule has 0 aliphatic heterocycles. The molecule has 0 bridgehead atoms. The third-order valence-corrected chi connectivity index (χ3v) is 11.5. The molecule has 2 atom stereocenters. The minimum Gasteiger partial charge on any atom is -0.462 e. The van der Waals surface area contributed by atoms with Crippen LogP contribution in [0.15, 0.2) is 36.5 Å². The SMILES string of the molecule is CCCCC/C=C/C/C=C/C/C=C/CCCCC(=O)O[C@@H](COC(=O)CCCCCCCCCCCCCCCCCCCCCCCCC)COP(=O)(O)OCCN. The lowest BCUT2D eigenvalue weighted by Gasteiger charge is -2.19. The van der Waals surface area contributed by atoms with Crippen LogP contribution in [0.3, 0.4) is 0 Å². The van der Waals surface area contributed by atoms with Crippen molar-refractivity contribution in [3.05, 3.63) is 36.5 Å². The third kappa shape index (κ3) is 45.6. The van der Waals surface area contributed by atoms with E-state index in [1.54, 1.807) is 0 Å². The summed E-state index contributed by atoms with van der Waals surface area (Å²) in [5.41, 5.74) is 5.35. The summed E-state index contributed by atoms with van der Waals surface area (Å²) in [6.45, 7) is 3.69. The minimum absolute atomic E-state index is 0.0479. The summed E-state index contributed by atoms with van der Waals surface area (Å²) in [7, 11) is -4.39. The number of carbonyl (C=O) groups is 2. The van der Waals surface area contributed by atoms with Crippen LogP contribution in [0.1, 0.15) is 232 Å². The van der Waals surface area contributed by atoms with Crippen molar-refractivity contribution >= 4 is 19.8 Å². The van der Waals surface area contributed by atoms with E-state index in [9.17, 15) is 19.0 Å². The van der Waals surface area contributed by atoms with Crippen LogP contribution in [0.2, 0.25) is 0 Å². The van der Waals surface area contributed by atoms with E-state index in [2.05, 4.69) is 50.3 Å². The molecule has 0 aliphatic rings. The number of ether oxygens (including phenoxy) is 2. The fourth-order valence-electron chi connectivity index (χ4n) is 6.88. The Morgan fingerprint density at radius 1 is 0.508 bits per heavy atom. The van der Waals surface area contributed by atoms with Crippen LogP contribution >= 0.6 is 7.82 Å². The summed E-state index contributed by atoms with van der Waals surface area (Å²) in [4.78, 5) is 34.9. The Hall–Kier alpha value is -1.77. The molecule has 0 heterocycles. The third-order valence-electron chi connectivity index (χ3n) is 10.5. The number of allylic oxidation sites excluding steroid dienone is 6. The van der Waals surface area contributed by atoms with Gasteiger partial charge in [-0.2, -0.15) is 0 Å².